The van der Waals surface area contributed by atoms with Crippen molar-refractivity contribution in [2.24, 2.45) is 0 Å². The van der Waals surface area contributed by atoms with Gasteiger partial charge in [-0.3, -0.25) is 4.79 Å². The summed E-state index contributed by atoms with van der Waals surface area (Å²) in [5.41, 5.74) is 0.218. The first kappa shape index (κ1) is 17.4. The fraction of sp³-hybridized carbons (Fsp3) is 0.0556. The van der Waals surface area contributed by atoms with Gasteiger partial charge in [-0.25, -0.2) is 23.1 Å². The van der Waals surface area contributed by atoms with Crippen LogP contribution in [0.5, 0.6) is 0 Å². The predicted octanol–water partition coefficient (Wildman–Crippen LogP) is 3.76. The number of benzene rings is 2. The SMILES string of the molecule is O=C(Nc1ccc(F)cc1F)c1ccnc(NCc2ccccc2F)n1. The molecular weight excluding hydrogens is 345 g/mol. The van der Waals surface area contributed by atoms with Crippen LogP contribution in [0.2, 0.25) is 0 Å². The molecule has 2 aromatic carbocycles. The van der Waals surface area contributed by atoms with E-state index in [0.29, 0.717) is 11.6 Å². The number of anilines is 2. The fourth-order valence-corrected chi connectivity index (χ4v) is 2.16. The molecule has 1 heterocycles. The molecule has 0 fully saturated rings. The third-order valence-electron chi connectivity index (χ3n) is 3.46. The van der Waals surface area contributed by atoms with Gasteiger partial charge >= 0.3 is 0 Å². The van der Waals surface area contributed by atoms with Gasteiger partial charge in [0.05, 0.1) is 5.69 Å². The average Bonchev–Trinajstić information content (AvgIpc) is 2.63. The van der Waals surface area contributed by atoms with Crippen molar-refractivity contribution in [3.05, 3.63) is 83.4 Å². The van der Waals surface area contributed by atoms with Crippen molar-refractivity contribution < 1.29 is 18.0 Å². The molecule has 0 saturated heterocycles. The van der Waals surface area contributed by atoms with Crippen LogP contribution in [0.15, 0.2) is 54.7 Å². The lowest BCUT2D eigenvalue weighted by molar-refractivity contribution is 0.102. The van der Waals surface area contributed by atoms with Gasteiger partial charge < -0.3 is 10.6 Å². The Balaban J connectivity index is 1.70. The van der Waals surface area contributed by atoms with Gasteiger partial charge in [0.25, 0.3) is 5.91 Å². The third kappa shape index (κ3) is 4.15. The molecule has 0 unspecified atom stereocenters. The second-order valence-corrected chi connectivity index (χ2v) is 5.29. The lowest BCUT2D eigenvalue weighted by Crippen LogP contribution is -2.16. The Morgan fingerprint density at radius 3 is 2.58 bits per heavy atom. The van der Waals surface area contributed by atoms with E-state index in [4.69, 9.17) is 0 Å². The first-order valence-electron chi connectivity index (χ1n) is 7.59. The maximum Gasteiger partial charge on any atom is 0.274 e. The molecular formula is C18H13F3N4O. The number of halogens is 3. The summed E-state index contributed by atoms with van der Waals surface area (Å²) in [6.07, 6.45) is 1.34. The van der Waals surface area contributed by atoms with Crippen molar-refractivity contribution in [3.8, 4) is 0 Å². The summed E-state index contributed by atoms with van der Waals surface area (Å²) in [4.78, 5) is 20.1. The second-order valence-electron chi connectivity index (χ2n) is 5.29. The molecule has 3 aromatic rings. The van der Waals surface area contributed by atoms with Crippen molar-refractivity contribution in [2.75, 3.05) is 10.6 Å². The van der Waals surface area contributed by atoms with Gasteiger partial charge in [-0.1, -0.05) is 18.2 Å². The molecule has 3 rings (SSSR count). The molecule has 132 valence electrons. The van der Waals surface area contributed by atoms with Crippen molar-refractivity contribution in [2.45, 2.75) is 6.54 Å². The van der Waals surface area contributed by atoms with E-state index in [1.54, 1.807) is 18.2 Å². The zero-order valence-corrected chi connectivity index (χ0v) is 13.3. The smallest absolute Gasteiger partial charge is 0.274 e. The molecule has 5 nitrogen and oxygen atoms in total. The highest BCUT2D eigenvalue weighted by atomic mass is 19.1. The van der Waals surface area contributed by atoms with Crippen LogP contribution >= 0.6 is 0 Å². The number of hydrogen-bond acceptors (Lipinski definition) is 4. The largest absolute Gasteiger partial charge is 0.350 e. The summed E-state index contributed by atoms with van der Waals surface area (Å²) in [5.74, 6) is -2.60. The number of carbonyl (C=O) groups excluding carboxylic acids is 1. The molecule has 0 bridgehead atoms. The molecule has 2 N–H and O–H groups in total. The molecule has 8 heteroatoms. The number of carbonyl (C=O) groups is 1. The molecule has 0 aliphatic carbocycles. The van der Waals surface area contributed by atoms with E-state index in [9.17, 15) is 18.0 Å². The highest BCUT2D eigenvalue weighted by molar-refractivity contribution is 6.03. The summed E-state index contributed by atoms with van der Waals surface area (Å²) in [6.45, 7) is 0.129. The van der Waals surface area contributed by atoms with Crippen molar-refractivity contribution >= 4 is 17.5 Å². The summed E-state index contributed by atoms with van der Waals surface area (Å²) in [5, 5.41) is 5.12. The van der Waals surface area contributed by atoms with Crippen LogP contribution in [0.1, 0.15) is 16.1 Å². The van der Waals surface area contributed by atoms with Gasteiger partial charge in [-0.05, 0) is 24.3 Å². The van der Waals surface area contributed by atoms with Crippen LogP contribution in [-0.4, -0.2) is 15.9 Å². The van der Waals surface area contributed by atoms with E-state index in [1.807, 2.05) is 0 Å². The standard InChI is InChI=1S/C18H13F3N4O/c19-12-5-6-15(14(21)9-12)24-17(26)16-7-8-22-18(25-16)23-10-11-3-1-2-4-13(11)20/h1-9H,10H2,(H,24,26)(H,22,23,25). The van der Waals surface area contributed by atoms with Crippen LogP contribution in [0.4, 0.5) is 24.8 Å². The van der Waals surface area contributed by atoms with Crippen LogP contribution in [-0.2, 0) is 6.54 Å². The highest BCUT2D eigenvalue weighted by Gasteiger charge is 2.12. The predicted molar refractivity (Wildman–Crippen MR) is 90.1 cm³/mol. The second kappa shape index (κ2) is 7.64. The van der Waals surface area contributed by atoms with Gasteiger partial charge in [0.15, 0.2) is 0 Å². The molecule has 0 atom stereocenters. The number of hydrogen-bond donors (Lipinski definition) is 2. The highest BCUT2D eigenvalue weighted by Crippen LogP contribution is 2.16. The molecule has 0 aliphatic heterocycles. The fourth-order valence-electron chi connectivity index (χ4n) is 2.16. The minimum absolute atomic E-state index is 0.0280. The topological polar surface area (TPSA) is 66.9 Å². The molecule has 1 amide bonds. The van der Waals surface area contributed by atoms with E-state index < -0.39 is 17.5 Å². The van der Waals surface area contributed by atoms with Crippen LogP contribution in [0.3, 0.4) is 0 Å². The van der Waals surface area contributed by atoms with Gasteiger partial charge in [0.1, 0.15) is 23.1 Å². The Morgan fingerprint density at radius 2 is 1.81 bits per heavy atom. The molecule has 0 radical (unpaired) electrons. The van der Waals surface area contributed by atoms with E-state index in [0.717, 1.165) is 12.1 Å². The van der Waals surface area contributed by atoms with Crippen molar-refractivity contribution in [1.29, 1.82) is 0 Å². The number of nitrogens with one attached hydrogen (secondary N) is 2. The lowest BCUT2D eigenvalue weighted by Gasteiger charge is -2.08. The van der Waals surface area contributed by atoms with Crippen LogP contribution < -0.4 is 10.6 Å². The Labute approximate surface area is 146 Å². The maximum absolute atomic E-state index is 13.6. The molecule has 26 heavy (non-hydrogen) atoms. The van der Waals surface area contributed by atoms with Crippen molar-refractivity contribution in [3.63, 3.8) is 0 Å². The average molecular weight is 358 g/mol. The number of aromatic nitrogens is 2. The zero-order valence-electron chi connectivity index (χ0n) is 13.3. The summed E-state index contributed by atoms with van der Waals surface area (Å²) in [6, 6.07) is 10.4. The monoisotopic (exact) mass is 358 g/mol. The Hall–Kier alpha value is -3.42. The minimum atomic E-state index is -0.898. The maximum atomic E-state index is 13.6. The number of amides is 1. The molecule has 0 spiro atoms. The van der Waals surface area contributed by atoms with E-state index in [-0.39, 0.29) is 29.7 Å². The normalized spacial score (nSPS) is 10.4. The van der Waals surface area contributed by atoms with E-state index in [2.05, 4.69) is 20.6 Å². The summed E-state index contributed by atoms with van der Waals surface area (Å²) >= 11 is 0. The number of nitrogens with zero attached hydrogens (tertiary/aromatic N) is 2. The van der Waals surface area contributed by atoms with E-state index >= 15 is 0 Å². The Morgan fingerprint density at radius 1 is 1.00 bits per heavy atom. The lowest BCUT2D eigenvalue weighted by atomic mass is 10.2. The minimum Gasteiger partial charge on any atom is -0.350 e. The summed E-state index contributed by atoms with van der Waals surface area (Å²) < 4.78 is 40.1. The first-order chi connectivity index (χ1) is 12.5. The third-order valence-corrected chi connectivity index (χ3v) is 3.46. The van der Waals surface area contributed by atoms with E-state index in [1.165, 1.54) is 18.3 Å². The Bertz CT molecular complexity index is 949. The summed E-state index contributed by atoms with van der Waals surface area (Å²) in [7, 11) is 0. The quantitative estimate of drug-likeness (QED) is 0.729. The molecule has 0 saturated carbocycles. The molecule has 1 aromatic heterocycles. The van der Waals surface area contributed by atoms with Gasteiger partial charge in [-0.15, -0.1) is 0 Å². The van der Waals surface area contributed by atoms with Crippen LogP contribution in [0, 0.1) is 17.5 Å². The molecule has 0 aliphatic rings. The van der Waals surface area contributed by atoms with Gasteiger partial charge in [0.2, 0.25) is 5.95 Å². The zero-order chi connectivity index (χ0) is 18.5. The van der Waals surface area contributed by atoms with Gasteiger partial charge in [0, 0.05) is 24.4 Å². The Kier molecular flexibility index (Phi) is 5.12. The van der Waals surface area contributed by atoms with Gasteiger partial charge in [-0.2, -0.15) is 0 Å². The van der Waals surface area contributed by atoms with Crippen molar-refractivity contribution in [1.82, 2.24) is 9.97 Å². The first-order valence-corrected chi connectivity index (χ1v) is 7.59. The van der Waals surface area contributed by atoms with Crippen LogP contribution in [0.25, 0.3) is 0 Å². The number of rotatable bonds is 5.